The van der Waals surface area contributed by atoms with Crippen molar-refractivity contribution in [3.05, 3.63) is 48.2 Å². The molecular weight excluding hydrogens is 460 g/mol. The number of halogens is 2. The summed E-state index contributed by atoms with van der Waals surface area (Å²) >= 11 is 0. The van der Waals surface area contributed by atoms with E-state index in [9.17, 15) is 13.6 Å². The maximum Gasteiger partial charge on any atom is 0.443 e. The summed E-state index contributed by atoms with van der Waals surface area (Å²) < 4.78 is 40.9. The van der Waals surface area contributed by atoms with Gasteiger partial charge in [-0.15, -0.1) is 5.06 Å². The van der Waals surface area contributed by atoms with Crippen LogP contribution in [0.4, 0.5) is 13.6 Å². The predicted molar refractivity (Wildman–Crippen MR) is 125 cm³/mol. The fourth-order valence-electron chi connectivity index (χ4n) is 3.47. The number of hydroxylamine groups is 2. The van der Waals surface area contributed by atoms with Crippen molar-refractivity contribution in [3.63, 3.8) is 0 Å². The van der Waals surface area contributed by atoms with Crippen LogP contribution in [0, 0.1) is 6.92 Å². The monoisotopic (exact) mass is 485 g/mol. The van der Waals surface area contributed by atoms with Gasteiger partial charge in [-0.3, -0.25) is 0 Å². The van der Waals surface area contributed by atoms with Gasteiger partial charge in [0, 0.05) is 10.9 Å². The Balaban J connectivity index is 1.66. The van der Waals surface area contributed by atoms with Gasteiger partial charge in [-0.05, 0) is 76.6 Å². The van der Waals surface area contributed by atoms with E-state index < -0.39 is 18.3 Å². The summed E-state index contributed by atoms with van der Waals surface area (Å²) in [5.41, 5.74) is 2.32. The molecule has 8 nitrogen and oxygen atoms in total. The third kappa shape index (κ3) is 5.59. The Labute approximate surface area is 200 Å². The number of nitrogens with zero attached hydrogens (tertiary/aromatic N) is 3. The molecule has 4 rings (SSSR count). The van der Waals surface area contributed by atoms with E-state index in [2.05, 4.69) is 14.7 Å². The quantitative estimate of drug-likeness (QED) is 0.288. The van der Waals surface area contributed by atoms with E-state index in [1.54, 1.807) is 52.0 Å². The average Bonchev–Trinajstić information content (AvgIpc) is 3.18. The first-order chi connectivity index (χ1) is 16.5. The number of amides is 1. The van der Waals surface area contributed by atoms with Crippen molar-refractivity contribution < 1.29 is 32.3 Å². The molecule has 0 unspecified atom stereocenters. The highest BCUT2D eigenvalue weighted by Crippen LogP contribution is 2.34. The van der Waals surface area contributed by atoms with Gasteiger partial charge < -0.3 is 18.7 Å². The van der Waals surface area contributed by atoms with Gasteiger partial charge in [0.05, 0.1) is 23.8 Å². The van der Waals surface area contributed by atoms with E-state index >= 15 is 0 Å². The van der Waals surface area contributed by atoms with E-state index in [4.69, 9.17) is 14.0 Å². The number of carbonyl (C=O) groups is 1. The number of carbonyl (C=O) groups excluding carboxylic acids is 1. The van der Waals surface area contributed by atoms with Crippen LogP contribution in [-0.4, -0.2) is 39.9 Å². The van der Waals surface area contributed by atoms with Crippen LogP contribution in [0.3, 0.4) is 0 Å². The lowest BCUT2D eigenvalue weighted by Crippen LogP contribution is -2.38. The number of rotatable bonds is 6. The Morgan fingerprint density at radius 2 is 1.94 bits per heavy atom. The van der Waals surface area contributed by atoms with Gasteiger partial charge in [-0.1, -0.05) is 0 Å². The van der Waals surface area contributed by atoms with E-state index in [1.807, 2.05) is 19.1 Å². The van der Waals surface area contributed by atoms with Crippen molar-refractivity contribution in [3.8, 4) is 23.0 Å². The number of furan rings is 1. The van der Waals surface area contributed by atoms with E-state index in [0.717, 1.165) is 22.2 Å². The summed E-state index contributed by atoms with van der Waals surface area (Å²) in [5, 5.41) is 1.87. The minimum absolute atomic E-state index is 0.263. The molecule has 2 heterocycles. The Bertz CT molecular complexity index is 1380. The van der Waals surface area contributed by atoms with Gasteiger partial charge in [0.2, 0.25) is 5.88 Å². The van der Waals surface area contributed by atoms with Crippen LogP contribution in [0.15, 0.2) is 47.0 Å². The lowest BCUT2D eigenvalue weighted by Gasteiger charge is -2.25. The maximum absolute atomic E-state index is 12.6. The number of aromatic nitrogens is 2. The zero-order valence-corrected chi connectivity index (χ0v) is 20.0. The molecule has 0 radical (unpaired) electrons. The molecule has 10 heteroatoms. The summed E-state index contributed by atoms with van der Waals surface area (Å²) in [5.74, 6) is 0.684. The molecule has 4 aromatic rings. The molecule has 0 spiro atoms. The third-order valence-electron chi connectivity index (χ3n) is 4.83. The molecular formula is C25H25F2N3O5. The SMILES string of the molecule is CCN(Oc1ccc2oc(-c3cc(C)cc4nc(OC(F)F)cnc34)cc2c1)C(=O)OC(C)(C)C. The highest BCUT2D eigenvalue weighted by molar-refractivity contribution is 5.94. The number of alkyl halides is 2. The first-order valence-corrected chi connectivity index (χ1v) is 11.0. The first kappa shape index (κ1) is 24.2. The lowest BCUT2D eigenvalue weighted by atomic mass is 10.1. The summed E-state index contributed by atoms with van der Waals surface area (Å²) in [4.78, 5) is 26.5. The van der Waals surface area contributed by atoms with Crippen LogP contribution in [0.5, 0.6) is 11.6 Å². The molecule has 2 aromatic heterocycles. The summed E-state index contributed by atoms with van der Waals surface area (Å²) in [6, 6.07) is 10.6. The highest BCUT2D eigenvalue weighted by atomic mass is 19.3. The van der Waals surface area contributed by atoms with E-state index in [1.165, 1.54) is 0 Å². The van der Waals surface area contributed by atoms with Crippen molar-refractivity contribution in [1.29, 1.82) is 0 Å². The van der Waals surface area contributed by atoms with Gasteiger partial charge >= 0.3 is 12.7 Å². The van der Waals surface area contributed by atoms with Gasteiger partial charge in [0.1, 0.15) is 16.9 Å². The fraction of sp³-hybridized carbons (Fsp3) is 0.320. The largest absolute Gasteiger partial charge is 0.456 e. The molecule has 184 valence electrons. The van der Waals surface area contributed by atoms with Gasteiger partial charge in [-0.25, -0.2) is 14.8 Å². The van der Waals surface area contributed by atoms with Gasteiger partial charge in [0.15, 0.2) is 5.75 Å². The van der Waals surface area contributed by atoms with Gasteiger partial charge in [0.25, 0.3) is 0 Å². The molecule has 2 aromatic carbocycles. The number of ether oxygens (including phenoxy) is 2. The molecule has 0 aliphatic carbocycles. The Kier molecular flexibility index (Phi) is 6.47. The molecule has 0 atom stereocenters. The van der Waals surface area contributed by atoms with Crippen molar-refractivity contribution in [2.45, 2.75) is 46.8 Å². The minimum atomic E-state index is -2.99. The Hall–Kier alpha value is -3.95. The molecule has 35 heavy (non-hydrogen) atoms. The van der Waals surface area contributed by atoms with Crippen LogP contribution < -0.4 is 9.57 Å². The lowest BCUT2D eigenvalue weighted by molar-refractivity contribution is -0.0693. The second-order valence-corrected chi connectivity index (χ2v) is 8.84. The van der Waals surface area contributed by atoms with Crippen LogP contribution >= 0.6 is 0 Å². The van der Waals surface area contributed by atoms with Crippen molar-refractivity contribution in [1.82, 2.24) is 15.0 Å². The number of aryl methyl sites for hydroxylation is 1. The molecule has 0 bridgehead atoms. The molecule has 0 saturated carbocycles. The average molecular weight is 485 g/mol. The van der Waals surface area contributed by atoms with E-state index in [0.29, 0.717) is 33.7 Å². The Morgan fingerprint density at radius 3 is 2.63 bits per heavy atom. The zero-order chi connectivity index (χ0) is 25.3. The summed E-state index contributed by atoms with van der Waals surface area (Å²) in [6.45, 7) is 6.28. The number of fused-ring (bicyclic) bond motifs is 2. The summed E-state index contributed by atoms with van der Waals surface area (Å²) in [6.07, 6.45) is 0.561. The second kappa shape index (κ2) is 9.36. The molecule has 0 saturated heterocycles. The highest BCUT2D eigenvalue weighted by Gasteiger charge is 2.23. The predicted octanol–water partition coefficient (Wildman–Crippen LogP) is 6.50. The van der Waals surface area contributed by atoms with E-state index in [-0.39, 0.29) is 12.4 Å². The molecule has 0 aliphatic rings. The van der Waals surface area contributed by atoms with Crippen molar-refractivity contribution in [2.75, 3.05) is 6.54 Å². The third-order valence-corrected chi connectivity index (χ3v) is 4.83. The molecule has 1 amide bonds. The van der Waals surface area contributed by atoms with Crippen LogP contribution in [0.1, 0.15) is 33.3 Å². The van der Waals surface area contributed by atoms with Gasteiger partial charge in [-0.2, -0.15) is 8.78 Å². The molecule has 0 fully saturated rings. The smallest absolute Gasteiger partial charge is 0.443 e. The van der Waals surface area contributed by atoms with Crippen LogP contribution in [0.25, 0.3) is 33.3 Å². The number of hydrogen-bond acceptors (Lipinski definition) is 7. The topological polar surface area (TPSA) is 86.9 Å². The number of hydrogen-bond donors (Lipinski definition) is 0. The van der Waals surface area contributed by atoms with Crippen molar-refractivity contribution in [2.24, 2.45) is 0 Å². The number of benzene rings is 2. The van der Waals surface area contributed by atoms with Crippen LogP contribution in [0.2, 0.25) is 0 Å². The zero-order valence-electron chi connectivity index (χ0n) is 20.0. The maximum atomic E-state index is 12.6. The first-order valence-electron chi connectivity index (χ1n) is 11.0. The molecule has 0 N–H and O–H groups in total. The second-order valence-electron chi connectivity index (χ2n) is 8.84. The standard InChI is InChI=1S/C25H25F2N3O5/c1-6-30(24(31)34-25(3,4)5)35-16-7-8-19-15(11-16)12-20(32-19)17-9-14(2)10-18-22(17)28-13-21(29-18)33-23(26)27/h7-13,23H,6H2,1-5H3. The normalized spacial score (nSPS) is 11.8. The fourth-order valence-corrected chi connectivity index (χ4v) is 3.47. The van der Waals surface area contributed by atoms with Crippen LogP contribution in [-0.2, 0) is 4.74 Å². The Morgan fingerprint density at radius 1 is 1.17 bits per heavy atom. The molecule has 0 aliphatic heterocycles. The minimum Gasteiger partial charge on any atom is -0.456 e. The summed E-state index contributed by atoms with van der Waals surface area (Å²) in [7, 11) is 0. The van der Waals surface area contributed by atoms with Crippen molar-refractivity contribution >= 4 is 28.1 Å².